The lowest BCUT2D eigenvalue weighted by Gasteiger charge is -1.96. The molecule has 1 aromatic heterocycles. The van der Waals surface area contributed by atoms with Gasteiger partial charge in [-0.25, -0.2) is 4.98 Å². The molecular weight excluding hydrogens is 246 g/mol. The van der Waals surface area contributed by atoms with Gasteiger partial charge < -0.3 is 4.42 Å². The summed E-state index contributed by atoms with van der Waals surface area (Å²) in [7, 11) is 0. The number of oxazole rings is 1. The Morgan fingerprint density at radius 1 is 0.833 bits per heavy atom. The summed E-state index contributed by atoms with van der Waals surface area (Å²) in [5, 5.41) is 0.702. The summed E-state index contributed by atoms with van der Waals surface area (Å²) in [5.74, 6) is 1.37. The van der Waals surface area contributed by atoms with Crippen molar-refractivity contribution in [2.75, 3.05) is 0 Å². The van der Waals surface area contributed by atoms with Crippen molar-refractivity contribution in [3.05, 3.63) is 65.8 Å². The Hall–Kier alpha value is -2.06. The summed E-state index contributed by atoms with van der Waals surface area (Å²) < 4.78 is 5.74. The third kappa shape index (κ3) is 2.15. The molecule has 0 fully saturated rings. The lowest BCUT2D eigenvalue weighted by atomic mass is 10.2. The van der Waals surface area contributed by atoms with E-state index in [9.17, 15) is 0 Å². The molecule has 0 saturated heterocycles. The first-order chi connectivity index (χ1) is 8.83. The second-order valence-corrected chi connectivity index (χ2v) is 4.34. The Morgan fingerprint density at radius 3 is 2.28 bits per heavy atom. The monoisotopic (exact) mass is 255 g/mol. The quantitative estimate of drug-likeness (QED) is 0.665. The van der Waals surface area contributed by atoms with E-state index in [4.69, 9.17) is 16.0 Å². The summed E-state index contributed by atoms with van der Waals surface area (Å²) in [5.41, 5.74) is 1.94. The molecule has 0 atom stereocenters. The van der Waals surface area contributed by atoms with Crippen LogP contribution in [0.15, 0.2) is 65.2 Å². The van der Waals surface area contributed by atoms with E-state index in [0.717, 1.165) is 16.9 Å². The maximum Gasteiger partial charge on any atom is 0.226 e. The molecule has 0 radical (unpaired) electrons. The number of benzene rings is 2. The first-order valence-corrected chi connectivity index (χ1v) is 5.98. The lowest BCUT2D eigenvalue weighted by molar-refractivity contribution is 0.589. The van der Waals surface area contributed by atoms with Crippen LogP contribution in [-0.2, 0) is 0 Å². The smallest absolute Gasteiger partial charge is 0.226 e. The molecule has 3 rings (SSSR count). The molecule has 1 heterocycles. The number of rotatable bonds is 2. The van der Waals surface area contributed by atoms with Gasteiger partial charge in [-0.3, -0.25) is 0 Å². The number of hydrogen-bond donors (Lipinski definition) is 0. The van der Waals surface area contributed by atoms with Gasteiger partial charge in [-0.2, -0.15) is 0 Å². The Morgan fingerprint density at radius 2 is 1.56 bits per heavy atom. The molecule has 0 saturated carbocycles. The molecule has 0 aliphatic carbocycles. The molecule has 0 aliphatic rings. The topological polar surface area (TPSA) is 26.0 Å². The molecule has 0 N–H and O–H groups in total. The molecule has 88 valence electrons. The van der Waals surface area contributed by atoms with Gasteiger partial charge in [-0.05, 0) is 24.3 Å². The van der Waals surface area contributed by atoms with Crippen LogP contribution in [-0.4, -0.2) is 4.98 Å². The first-order valence-electron chi connectivity index (χ1n) is 5.60. The van der Waals surface area contributed by atoms with E-state index in [1.165, 1.54) is 0 Å². The highest BCUT2D eigenvalue weighted by molar-refractivity contribution is 6.30. The second-order valence-electron chi connectivity index (χ2n) is 3.90. The second kappa shape index (κ2) is 4.67. The van der Waals surface area contributed by atoms with Crippen molar-refractivity contribution in [3.63, 3.8) is 0 Å². The average molecular weight is 256 g/mol. The van der Waals surface area contributed by atoms with Crippen molar-refractivity contribution in [2.45, 2.75) is 0 Å². The zero-order valence-electron chi connectivity index (χ0n) is 9.51. The highest BCUT2D eigenvalue weighted by Gasteiger charge is 2.07. The maximum atomic E-state index is 5.85. The van der Waals surface area contributed by atoms with Gasteiger partial charge in [-0.1, -0.05) is 41.9 Å². The predicted molar refractivity (Wildman–Crippen MR) is 72.4 cm³/mol. The highest BCUT2D eigenvalue weighted by Crippen LogP contribution is 2.26. The van der Waals surface area contributed by atoms with Gasteiger partial charge in [0.2, 0.25) is 5.89 Å². The molecule has 18 heavy (non-hydrogen) atoms. The highest BCUT2D eigenvalue weighted by atomic mass is 35.5. The minimum atomic E-state index is 0.602. The average Bonchev–Trinajstić information content (AvgIpc) is 2.90. The fourth-order valence-corrected chi connectivity index (χ4v) is 1.86. The van der Waals surface area contributed by atoms with Crippen LogP contribution in [0.5, 0.6) is 0 Å². The zero-order chi connectivity index (χ0) is 12.4. The largest absolute Gasteiger partial charge is 0.436 e. The van der Waals surface area contributed by atoms with Crippen molar-refractivity contribution >= 4 is 11.6 Å². The molecule has 0 aliphatic heterocycles. The molecule has 2 nitrogen and oxygen atoms in total. The van der Waals surface area contributed by atoms with Crippen LogP contribution < -0.4 is 0 Å². The molecule has 3 heteroatoms. The number of halogens is 1. The number of aromatic nitrogens is 1. The third-order valence-corrected chi connectivity index (χ3v) is 2.91. The summed E-state index contributed by atoms with van der Waals surface area (Å²) >= 11 is 5.85. The van der Waals surface area contributed by atoms with Gasteiger partial charge in [0, 0.05) is 16.1 Å². The van der Waals surface area contributed by atoms with Crippen molar-refractivity contribution in [1.82, 2.24) is 4.98 Å². The van der Waals surface area contributed by atoms with Crippen molar-refractivity contribution in [3.8, 4) is 22.8 Å². The molecule has 3 aromatic rings. The van der Waals surface area contributed by atoms with E-state index in [1.54, 1.807) is 6.20 Å². The van der Waals surface area contributed by atoms with Crippen LogP contribution >= 0.6 is 11.6 Å². The zero-order valence-corrected chi connectivity index (χ0v) is 10.3. The van der Waals surface area contributed by atoms with E-state index < -0.39 is 0 Å². The summed E-state index contributed by atoms with van der Waals surface area (Å²) in [6.45, 7) is 0. The minimum Gasteiger partial charge on any atom is -0.436 e. The van der Waals surface area contributed by atoms with Gasteiger partial charge in [0.1, 0.15) is 0 Å². The maximum absolute atomic E-state index is 5.85. The van der Waals surface area contributed by atoms with Crippen LogP contribution in [0, 0.1) is 0 Å². The number of nitrogens with zero attached hydrogens (tertiary/aromatic N) is 1. The van der Waals surface area contributed by atoms with E-state index >= 15 is 0 Å². The van der Waals surface area contributed by atoms with E-state index in [1.807, 2.05) is 54.6 Å². The van der Waals surface area contributed by atoms with Gasteiger partial charge in [0.15, 0.2) is 5.76 Å². The van der Waals surface area contributed by atoms with Gasteiger partial charge in [0.25, 0.3) is 0 Å². The summed E-state index contributed by atoms with van der Waals surface area (Å²) in [4.78, 5) is 4.28. The summed E-state index contributed by atoms with van der Waals surface area (Å²) in [6, 6.07) is 17.3. The van der Waals surface area contributed by atoms with Gasteiger partial charge in [-0.15, -0.1) is 0 Å². The Balaban J connectivity index is 1.97. The Labute approximate surface area is 110 Å². The van der Waals surface area contributed by atoms with Crippen molar-refractivity contribution in [1.29, 1.82) is 0 Å². The van der Waals surface area contributed by atoms with E-state index in [-0.39, 0.29) is 0 Å². The van der Waals surface area contributed by atoms with Crippen LogP contribution in [0.25, 0.3) is 22.8 Å². The van der Waals surface area contributed by atoms with Gasteiger partial charge in [0.05, 0.1) is 6.20 Å². The third-order valence-electron chi connectivity index (χ3n) is 2.66. The van der Waals surface area contributed by atoms with Crippen LogP contribution in [0.3, 0.4) is 0 Å². The SMILES string of the molecule is Clc1ccc(-c2ncc(-c3ccccc3)o2)cc1. The fraction of sp³-hybridized carbons (Fsp3) is 0. The first kappa shape index (κ1) is 11.1. The predicted octanol–water partition coefficient (Wildman–Crippen LogP) is 4.66. The Bertz CT molecular complexity index is 644. The molecule has 0 bridgehead atoms. The van der Waals surface area contributed by atoms with Gasteiger partial charge >= 0.3 is 0 Å². The molecule has 0 amide bonds. The van der Waals surface area contributed by atoms with Crippen molar-refractivity contribution in [2.24, 2.45) is 0 Å². The van der Waals surface area contributed by atoms with E-state index in [2.05, 4.69) is 4.98 Å². The lowest BCUT2D eigenvalue weighted by Crippen LogP contribution is -1.75. The molecule has 0 unspecified atom stereocenters. The molecule has 2 aromatic carbocycles. The normalized spacial score (nSPS) is 10.5. The standard InChI is InChI=1S/C15H10ClNO/c16-13-8-6-12(7-9-13)15-17-10-14(18-15)11-4-2-1-3-5-11/h1-10H. The molecular formula is C15H10ClNO. The minimum absolute atomic E-state index is 0.602. The van der Waals surface area contributed by atoms with Crippen LogP contribution in [0.1, 0.15) is 0 Å². The van der Waals surface area contributed by atoms with E-state index in [0.29, 0.717) is 10.9 Å². The molecule has 0 spiro atoms. The van der Waals surface area contributed by atoms with Crippen LogP contribution in [0.2, 0.25) is 5.02 Å². The van der Waals surface area contributed by atoms with Crippen molar-refractivity contribution < 1.29 is 4.42 Å². The van der Waals surface area contributed by atoms with Crippen LogP contribution in [0.4, 0.5) is 0 Å². The fourth-order valence-electron chi connectivity index (χ4n) is 1.74. The number of hydrogen-bond acceptors (Lipinski definition) is 2. The Kier molecular flexibility index (Phi) is 2.87. The summed E-state index contributed by atoms with van der Waals surface area (Å²) in [6.07, 6.45) is 1.74.